The number of aliphatic hydroxyl groups excluding tert-OH is 1. The van der Waals surface area contributed by atoms with Gasteiger partial charge in [0.25, 0.3) is 5.91 Å². The van der Waals surface area contributed by atoms with Crippen LogP contribution < -0.4 is 5.32 Å². The summed E-state index contributed by atoms with van der Waals surface area (Å²) in [7, 11) is 3.40. The molecule has 1 rings (SSSR count). The lowest BCUT2D eigenvalue weighted by Gasteiger charge is -2.23. The molecule has 0 saturated carbocycles. The number of amides is 1. The molecule has 0 aromatic carbocycles. The SMILES string of the molecule is CC(C)C(CCO)Nc1ccnc(C(=O)N(C)C)c1. The maximum atomic E-state index is 11.8. The molecule has 1 atom stereocenters. The molecule has 1 aromatic rings. The van der Waals surface area contributed by atoms with Crippen LogP contribution in [0.1, 0.15) is 30.8 Å². The number of pyridine rings is 1. The number of aromatic nitrogens is 1. The summed E-state index contributed by atoms with van der Waals surface area (Å²) < 4.78 is 0. The fourth-order valence-electron chi connectivity index (χ4n) is 1.79. The van der Waals surface area contributed by atoms with Crippen LogP contribution in [0, 0.1) is 5.92 Å². The summed E-state index contributed by atoms with van der Waals surface area (Å²) in [5, 5.41) is 12.4. The van der Waals surface area contributed by atoms with E-state index in [4.69, 9.17) is 5.11 Å². The molecule has 5 heteroatoms. The van der Waals surface area contributed by atoms with Gasteiger partial charge in [-0.1, -0.05) is 13.8 Å². The lowest BCUT2D eigenvalue weighted by molar-refractivity contribution is 0.0822. The molecule has 1 amide bonds. The highest BCUT2D eigenvalue weighted by molar-refractivity contribution is 5.92. The Labute approximate surface area is 114 Å². The third-order valence-electron chi connectivity index (χ3n) is 2.98. The summed E-state index contributed by atoms with van der Waals surface area (Å²) in [6.45, 7) is 4.34. The van der Waals surface area contributed by atoms with Crippen molar-refractivity contribution in [1.82, 2.24) is 9.88 Å². The number of aliphatic hydroxyl groups is 1. The second kappa shape index (κ2) is 7.09. The quantitative estimate of drug-likeness (QED) is 0.820. The second-order valence-electron chi connectivity index (χ2n) is 5.14. The molecule has 0 bridgehead atoms. The minimum Gasteiger partial charge on any atom is -0.396 e. The van der Waals surface area contributed by atoms with Crippen LogP contribution in [-0.4, -0.2) is 47.6 Å². The third kappa shape index (κ3) is 4.52. The molecular formula is C14H23N3O2. The highest BCUT2D eigenvalue weighted by Crippen LogP contribution is 2.16. The van der Waals surface area contributed by atoms with Gasteiger partial charge < -0.3 is 15.3 Å². The van der Waals surface area contributed by atoms with Crippen molar-refractivity contribution in [2.75, 3.05) is 26.0 Å². The van der Waals surface area contributed by atoms with Gasteiger partial charge in [-0.15, -0.1) is 0 Å². The molecule has 0 spiro atoms. The molecule has 106 valence electrons. The first-order chi connectivity index (χ1) is 8.95. The van der Waals surface area contributed by atoms with Gasteiger partial charge in [-0.25, -0.2) is 0 Å². The van der Waals surface area contributed by atoms with E-state index in [2.05, 4.69) is 24.1 Å². The van der Waals surface area contributed by atoms with Crippen LogP contribution >= 0.6 is 0 Å². The maximum Gasteiger partial charge on any atom is 0.272 e. The van der Waals surface area contributed by atoms with Gasteiger partial charge >= 0.3 is 0 Å². The van der Waals surface area contributed by atoms with Gasteiger partial charge in [-0.2, -0.15) is 0 Å². The molecule has 1 heterocycles. The van der Waals surface area contributed by atoms with Crippen molar-refractivity contribution < 1.29 is 9.90 Å². The largest absolute Gasteiger partial charge is 0.396 e. The molecular weight excluding hydrogens is 242 g/mol. The lowest BCUT2D eigenvalue weighted by atomic mass is 10.0. The summed E-state index contributed by atoms with van der Waals surface area (Å²) in [6.07, 6.45) is 2.30. The van der Waals surface area contributed by atoms with E-state index >= 15 is 0 Å². The van der Waals surface area contributed by atoms with Crippen LogP contribution in [0.4, 0.5) is 5.69 Å². The predicted octanol–water partition coefficient (Wildman–Crippen LogP) is 1.60. The number of hydrogen-bond donors (Lipinski definition) is 2. The minimum atomic E-state index is -0.119. The molecule has 0 fully saturated rings. The van der Waals surface area contributed by atoms with Crippen molar-refractivity contribution in [3.05, 3.63) is 24.0 Å². The van der Waals surface area contributed by atoms with Gasteiger partial charge in [0.1, 0.15) is 5.69 Å². The number of carbonyl (C=O) groups excluding carboxylic acids is 1. The van der Waals surface area contributed by atoms with E-state index in [1.54, 1.807) is 26.4 Å². The first-order valence-electron chi connectivity index (χ1n) is 6.50. The summed E-state index contributed by atoms with van der Waals surface area (Å²) in [5.74, 6) is 0.278. The van der Waals surface area contributed by atoms with E-state index in [9.17, 15) is 4.79 Å². The highest BCUT2D eigenvalue weighted by atomic mass is 16.3. The monoisotopic (exact) mass is 265 g/mol. The molecule has 1 aromatic heterocycles. The van der Waals surface area contributed by atoms with Gasteiger partial charge in [0, 0.05) is 38.6 Å². The van der Waals surface area contributed by atoms with Gasteiger partial charge in [0.15, 0.2) is 0 Å². The van der Waals surface area contributed by atoms with Crippen molar-refractivity contribution in [1.29, 1.82) is 0 Å². The number of nitrogens with zero attached hydrogens (tertiary/aromatic N) is 2. The Kier molecular flexibility index (Phi) is 5.76. The maximum absolute atomic E-state index is 11.8. The van der Waals surface area contributed by atoms with Gasteiger partial charge in [0.2, 0.25) is 0 Å². The molecule has 0 aliphatic heterocycles. The Hall–Kier alpha value is -1.62. The van der Waals surface area contributed by atoms with E-state index < -0.39 is 0 Å². The fourth-order valence-corrected chi connectivity index (χ4v) is 1.79. The highest BCUT2D eigenvalue weighted by Gasteiger charge is 2.14. The molecule has 1 unspecified atom stereocenters. The Morgan fingerprint density at radius 2 is 2.16 bits per heavy atom. The molecule has 2 N–H and O–H groups in total. The lowest BCUT2D eigenvalue weighted by Crippen LogP contribution is -2.27. The van der Waals surface area contributed by atoms with E-state index in [0.29, 0.717) is 18.0 Å². The number of nitrogens with one attached hydrogen (secondary N) is 1. The third-order valence-corrected chi connectivity index (χ3v) is 2.98. The predicted molar refractivity (Wildman–Crippen MR) is 76.2 cm³/mol. The van der Waals surface area contributed by atoms with Crippen molar-refractivity contribution in [3.63, 3.8) is 0 Å². The molecule has 0 radical (unpaired) electrons. The number of rotatable bonds is 6. The summed E-state index contributed by atoms with van der Waals surface area (Å²) >= 11 is 0. The number of hydrogen-bond acceptors (Lipinski definition) is 4. The fraction of sp³-hybridized carbons (Fsp3) is 0.571. The summed E-state index contributed by atoms with van der Waals surface area (Å²) in [6, 6.07) is 3.75. The topological polar surface area (TPSA) is 65.5 Å². The zero-order chi connectivity index (χ0) is 14.4. The summed E-state index contributed by atoms with van der Waals surface area (Å²) in [5.41, 5.74) is 1.27. The molecule has 0 saturated heterocycles. The number of carbonyl (C=O) groups is 1. The van der Waals surface area contributed by atoms with Crippen LogP contribution in [0.3, 0.4) is 0 Å². The average molecular weight is 265 g/mol. The van der Waals surface area contributed by atoms with E-state index in [1.165, 1.54) is 4.90 Å². The Morgan fingerprint density at radius 1 is 1.47 bits per heavy atom. The standard InChI is InChI=1S/C14H23N3O2/c1-10(2)12(6-8-18)16-11-5-7-15-13(9-11)14(19)17(3)4/h5,7,9-10,12,18H,6,8H2,1-4H3,(H,15,16). The second-order valence-corrected chi connectivity index (χ2v) is 5.14. The smallest absolute Gasteiger partial charge is 0.272 e. The van der Waals surface area contributed by atoms with Crippen LogP contribution in [0.5, 0.6) is 0 Å². The van der Waals surface area contributed by atoms with E-state index in [0.717, 1.165) is 5.69 Å². The van der Waals surface area contributed by atoms with E-state index in [-0.39, 0.29) is 18.6 Å². The summed E-state index contributed by atoms with van der Waals surface area (Å²) in [4.78, 5) is 17.4. The Bertz CT molecular complexity index is 419. The molecule has 5 nitrogen and oxygen atoms in total. The minimum absolute atomic E-state index is 0.119. The Balaban J connectivity index is 2.84. The van der Waals surface area contributed by atoms with Gasteiger partial charge in [0.05, 0.1) is 0 Å². The zero-order valence-corrected chi connectivity index (χ0v) is 12.1. The number of anilines is 1. The normalized spacial score (nSPS) is 12.3. The van der Waals surface area contributed by atoms with Crippen LogP contribution in [-0.2, 0) is 0 Å². The molecule has 19 heavy (non-hydrogen) atoms. The van der Waals surface area contributed by atoms with Gasteiger partial charge in [-0.3, -0.25) is 9.78 Å². The first kappa shape index (κ1) is 15.4. The molecule has 0 aliphatic rings. The van der Waals surface area contributed by atoms with E-state index in [1.807, 2.05) is 6.07 Å². The first-order valence-corrected chi connectivity index (χ1v) is 6.50. The van der Waals surface area contributed by atoms with Crippen molar-refractivity contribution >= 4 is 11.6 Å². The van der Waals surface area contributed by atoms with Crippen LogP contribution in [0.15, 0.2) is 18.3 Å². The van der Waals surface area contributed by atoms with Crippen molar-refractivity contribution in [2.24, 2.45) is 5.92 Å². The van der Waals surface area contributed by atoms with Crippen LogP contribution in [0.25, 0.3) is 0 Å². The van der Waals surface area contributed by atoms with Crippen LogP contribution in [0.2, 0.25) is 0 Å². The molecule has 0 aliphatic carbocycles. The van der Waals surface area contributed by atoms with Crippen molar-refractivity contribution in [2.45, 2.75) is 26.3 Å². The van der Waals surface area contributed by atoms with Crippen molar-refractivity contribution in [3.8, 4) is 0 Å². The average Bonchev–Trinajstić information content (AvgIpc) is 2.37. The zero-order valence-electron chi connectivity index (χ0n) is 12.1. The van der Waals surface area contributed by atoms with Gasteiger partial charge in [-0.05, 0) is 24.5 Å². The Morgan fingerprint density at radius 3 is 2.68 bits per heavy atom.